The number of ether oxygens (including phenoxy) is 2. The van der Waals surface area contributed by atoms with Gasteiger partial charge >= 0.3 is 26.3 Å². The SMILES string of the molecule is CC(C)C(N)C(=O)NC(CCCNC(N)=O)C(=O)NCCSP1(=O)OC[C@H]2O[C@@H](n3cnc4c(N)ncnc43)[C@H](C)[C@@H]2OP(=O)(O)OC[C@H]2O[C@@H](n3ccc(=O)[nH]c3=O)C[C@@H]2O1. The summed E-state index contributed by atoms with van der Waals surface area (Å²) in [5.41, 5.74) is 16.2. The minimum atomic E-state index is -4.90. The second-order valence-electron chi connectivity index (χ2n) is 15.0. The zero-order chi connectivity index (χ0) is 44.9. The highest BCUT2D eigenvalue weighted by atomic mass is 32.7. The van der Waals surface area contributed by atoms with E-state index in [1.807, 2.05) is 0 Å². The number of aromatic amines is 1. The Bertz CT molecular complexity index is 2320. The summed E-state index contributed by atoms with van der Waals surface area (Å²) in [5, 5.41) is 7.78. The smallest absolute Gasteiger partial charge is 0.382 e. The summed E-state index contributed by atoms with van der Waals surface area (Å²) in [7, 11) is -4.90. The van der Waals surface area contributed by atoms with E-state index in [0.29, 0.717) is 17.0 Å². The fourth-order valence-corrected chi connectivity index (χ4v) is 11.3. The number of amides is 4. The highest BCUT2D eigenvalue weighted by molar-refractivity contribution is 8.55. The van der Waals surface area contributed by atoms with Crippen LogP contribution in [0.1, 0.15) is 52.5 Å². The molecule has 4 amide bonds. The van der Waals surface area contributed by atoms with Crippen molar-refractivity contribution in [3.63, 3.8) is 0 Å². The molecular weight excluding hydrogens is 882 g/mol. The molecule has 11 atom stereocenters. The molecule has 3 fully saturated rings. The van der Waals surface area contributed by atoms with E-state index in [1.165, 1.54) is 18.9 Å². The fourth-order valence-electron chi connectivity index (χ4n) is 6.93. The molecule has 0 bridgehead atoms. The van der Waals surface area contributed by atoms with Gasteiger partial charge in [-0.25, -0.2) is 33.7 Å². The molecule has 29 heteroatoms. The van der Waals surface area contributed by atoms with Crippen molar-refractivity contribution in [1.29, 1.82) is 0 Å². The lowest BCUT2D eigenvalue weighted by Crippen LogP contribution is -2.53. The second kappa shape index (κ2) is 20.1. The molecule has 3 aliphatic heterocycles. The highest BCUT2D eigenvalue weighted by Crippen LogP contribution is 2.63. The van der Waals surface area contributed by atoms with Crippen molar-refractivity contribution in [3.05, 3.63) is 45.8 Å². The average molecular weight is 933 g/mol. The van der Waals surface area contributed by atoms with Crippen LogP contribution in [0, 0.1) is 11.8 Å². The number of hydrogen-bond acceptors (Lipinski definition) is 19. The molecule has 6 heterocycles. The molecule has 0 spiro atoms. The average Bonchev–Trinajstić information content (AvgIpc) is 3.90. The van der Waals surface area contributed by atoms with E-state index in [2.05, 4.69) is 35.9 Å². The van der Waals surface area contributed by atoms with Crippen molar-refractivity contribution in [2.75, 3.05) is 37.8 Å². The first kappa shape index (κ1) is 47.2. The number of nitrogens with zero attached hydrogens (tertiary/aromatic N) is 5. The van der Waals surface area contributed by atoms with Crippen LogP contribution < -0.4 is 44.4 Å². The van der Waals surface area contributed by atoms with E-state index in [4.69, 9.17) is 44.8 Å². The number of nitrogen functional groups attached to an aromatic ring is 1. The molecule has 342 valence electrons. The van der Waals surface area contributed by atoms with E-state index >= 15 is 0 Å². The molecule has 0 saturated carbocycles. The number of rotatable bonds is 14. The van der Waals surface area contributed by atoms with Crippen LogP contribution in [-0.4, -0.2) is 120 Å². The maximum atomic E-state index is 14.8. The van der Waals surface area contributed by atoms with Crippen molar-refractivity contribution in [2.45, 2.75) is 89.0 Å². The number of imidazole rings is 1. The lowest BCUT2D eigenvalue weighted by molar-refractivity contribution is -0.130. The van der Waals surface area contributed by atoms with Gasteiger partial charge in [0.1, 0.15) is 54.8 Å². The van der Waals surface area contributed by atoms with Gasteiger partial charge in [0, 0.05) is 43.4 Å². The van der Waals surface area contributed by atoms with E-state index in [-0.39, 0.29) is 55.4 Å². The van der Waals surface area contributed by atoms with Crippen molar-refractivity contribution in [2.24, 2.45) is 23.3 Å². The van der Waals surface area contributed by atoms with Crippen LogP contribution in [-0.2, 0) is 46.3 Å². The minimum absolute atomic E-state index is 0.0749. The molecule has 3 aromatic heterocycles. The van der Waals surface area contributed by atoms with Gasteiger partial charge in [0.2, 0.25) is 11.8 Å². The fraction of sp³-hybridized carbons (Fsp3) is 0.636. The third kappa shape index (κ3) is 11.5. The molecule has 0 aromatic carbocycles. The van der Waals surface area contributed by atoms with Crippen molar-refractivity contribution < 1.29 is 56.0 Å². The first-order valence-electron chi connectivity index (χ1n) is 19.5. The third-order valence-corrected chi connectivity index (χ3v) is 15.0. The van der Waals surface area contributed by atoms with E-state index in [9.17, 15) is 38.0 Å². The zero-order valence-electron chi connectivity index (χ0n) is 33.8. The van der Waals surface area contributed by atoms with E-state index in [0.717, 1.165) is 10.6 Å². The van der Waals surface area contributed by atoms with Gasteiger partial charge in [0.05, 0.1) is 25.6 Å². The summed E-state index contributed by atoms with van der Waals surface area (Å²) >= 11 is 0.708. The van der Waals surface area contributed by atoms with Gasteiger partial charge in [0.25, 0.3) is 5.56 Å². The summed E-state index contributed by atoms with van der Waals surface area (Å²) in [6, 6.07) is -1.60. The van der Waals surface area contributed by atoms with Crippen molar-refractivity contribution in [1.82, 2.24) is 45.0 Å². The Balaban J connectivity index is 1.22. The molecule has 3 saturated heterocycles. The van der Waals surface area contributed by atoms with Crippen LogP contribution in [0.25, 0.3) is 11.2 Å². The van der Waals surface area contributed by atoms with Crippen LogP contribution in [0.4, 0.5) is 10.6 Å². The number of hydrogen-bond donors (Lipinski definition) is 8. The summed E-state index contributed by atoms with van der Waals surface area (Å²) in [6.45, 7) is -0.289. The molecule has 11 N–H and O–H groups in total. The predicted octanol–water partition coefficient (Wildman–Crippen LogP) is -0.429. The number of phosphoric acid groups is 1. The molecule has 3 aromatic rings. The molecule has 0 aliphatic carbocycles. The largest absolute Gasteiger partial charge is 0.472 e. The normalized spacial score (nSPS) is 30.1. The number of urea groups is 1. The maximum absolute atomic E-state index is 14.8. The Morgan fingerprint density at radius 3 is 2.50 bits per heavy atom. The molecule has 4 unspecified atom stereocenters. The van der Waals surface area contributed by atoms with E-state index in [1.54, 1.807) is 25.3 Å². The standard InChI is InChI=1S/C33H50N12O14P2S/c1-16(2)24(34)30(48)42-18(5-4-7-38-32(36)49)29(47)37-8-10-62-61(53)55-13-21-26(17(3)31(57-21)45-15-41-25-27(35)39-14-40-28(25)45)59-60(51,52)54-12-20-19(58-61)11-23(56-20)44-9-6-22(46)43-33(44)50/h6,9,14-21,23-24,26,31H,4-5,7-8,10-13,34H2,1-3H3,(H,37,47)(H,42,48)(H,51,52)(H2,35,39,40)(H3,36,38,49)(H,43,46,50)/t17-,18?,19+,20-,21-,23-,24?,26+,31-,61?/m1/s1. The number of anilines is 1. The molecule has 62 heavy (non-hydrogen) atoms. The number of phosphoric ester groups is 1. The number of nitrogens with one attached hydrogen (secondary N) is 4. The number of carbonyl (C=O) groups excluding carboxylic acids is 3. The Kier molecular flexibility index (Phi) is 15.3. The van der Waals surface area contributed by atoms with E-state index < -0.39 is 112 Å². The number of nitrogens with two attached hydrogens (primary N) is 3. The number of fused-ring (bicyclic) bond motifs is 3. The van der Waals surface area contributed by atoms with Gasteiger partial charge in [-0.3, -0.25) is 46.6 Å². The van der Waals surface area contributed by atoms with Crippen LogP contribution in [0.15, 0.2) is 34.5 Å². The Labute approximate surface area is 356 Å². The summed E-state index contributed by atoms with van der Waals surface area (Å²) < 4.78 is 66.6. The lowest BCUT2D eigenvalue weighted by Gasteiger charge is -2.29. The Hall–Kier alpha value is -4.27. The number of H-pyrrole nitrogens is 1. The monoisotopic (exact) mass is 932 g/mol. The zero-order valence-corrected chi connectivity index (χ0v) is 36.4. The third-order valence-electron chi connectivity index (χ3n) is 10.2. The van der Waals surface area contributed by atoms with Gasteiger partial charge in [-0.15, -0.1) is 0 Å². The Morgan fingerprint density at radius 1 is 1.02 bits per heavy atom. The molecule has 0 radical (unpaired) electrons. The van der Waals surface area contributed by atoms with Crippen LogP contribution >= 0.6 is 26.0 Å². The molecule has 6 rings (SSSR count). The van der Waals surface area contributed by atoms with Gasteiger partial charge in [-0.2, -0.15) is 0 Å². The van der Waals surface area contributed by atoms with Crippen LogP contribution in [0.2, 0.25) is 0 Å². The second-order valence-corrected chi connectivity index (χ2v) is 20.6. The Morgan fingerprint density at radius 2 is 1.77 bits per heavy atom. The summed E-state index contributed by atoms with van der Waals surface area (Å²) in [4.78, 5) is 87.4. The minimum Gasteiger partial charge on any atom is -0.382 e. The number of aromatic nitrogens is 6. The molecule has 3 aliphatic rings. The topological polar surface area (TPSA) is 374 Å². The van der Waals surface area contributed by atoms with Gasteiger partial charge in [0.15, 0.2) is 11.5 Å². The number of primary amides is 1. The first-order chi connectivity index (χ1) is 29.3. The lowest BCUT2D eigenvalue weighted by atomic mass is 10.0. The predicted molar refractivity (Wildman–Crippen MR) is 219 cm³/mol. The molecule has 26 nitrogen and oxygen atoms in total. The van der Waals surface area contributed by atoms with Gasteiger partial charge in [-0.1, -0.05) is 20.8 Å². The quantitative estimate of drug-likeness (QED) is 0.0751. The van der Waals surface area contributed by atoms with Gasteiger partial charge in [-0.05, 0) is 30.1 Å². The van der Waals surface area contributed by atoms with Gasteiger partial charge < -0.3 is 47.5 Å². The summed E-state index contributed by atoms with van der Waals surface area (Å²) in [5.74, 6) is -2.05. The molecular formula is C33H50N12O14P2S. The number of carbonyl (C=O) groups is 3. The maximum Gasteiger partial charge on any atom is 0.472 e. The van der Waals surface area contributed by atoms with Crippen LogP contribution in [0.5, 0.6) is 0 Å². The summed E-state index contributed by atoms with van der Waals surface area (Å²) in [6.07, 6.45) is -2.76. The van der Waals surface area contributed by atoms with Crippen molar-refractivity contribution >= 4 is 60.8 Å². The van der Waals surface area contributed by atoms with Crippen LogP contribution in [0.3, 0.4) is 0 Å². The van der Waals surface area contributed by atoms with Crippen molar-refractivity contribution in [3.8, 4) is 0 Å². The first-order valence-corrected chi connectivity index (χ1v) is 24.1. The highest BCUT2D eigenvalue weighted by Gasteiger charge is 2.51.